The van der Waals surface area contributed by atoms with Crippen molar-refractivity contribution in [1.29, 1.82) is 0 Å². The van der Waals surface area contributed by atoms with Crippen LogP contribution in [-0.4, -0.2) is 19.9 Å². The number of benzene rings is 3. The monoisotopic (exact) mass is 442 g/mol. The predicted molar refractivity (Wildman–Crippen MR) is 120 cm³/mol. The van der Waals surface area contributed by atoms with Gasteiger partial charge in [-0.2, -0.15) is 0 Å². The van der Waals surface area contributed by atoms with Gasteiger partial charge in [0.1, 0.15) is 23.3 Å². The molecule has 0 bridgehead atoms. The molecule has 0 radical (unpaired) electrons. The number of hydrogen-bond acceptors (Lipinski definition) is 3. The van der Waals surface area contributed by atoms with Gasteiger partial charge in [0, 0.05) is 22.5 Å². The van der Waals surface area contributed by atoms with Gasteiger partial charge in [-0.1, -0.05) is 18.2 Å². The molecule has 0 aliphatic carbocycles. The normalized spacial score (nSPS) is 11.6. The maximum absolute atomic E-state index is 14.4. The number of nitrogens with zero attached hydrogens (tertiary/aromatic N) is 2. The number of aromatic nitrogens is 4. The number of aromatic amines is 2. The zero-order chi connectivity index (χ0) is 22.7. The van der Waals surface area contributed by atoms with Crippen LogP contribution in [0.2, 0.25) is 0 Å². The van der Waals surface area contributed by atoms with Crippen LogP contribution in [0.1, 0.15) is 0 Å². The minimum Gasteiger partial charge on any atom is -0.337 e. The number of rotatable bonds is 2. The molecule has 0 saturated carbocycles. The Morgan fingerprint density at radius 1 is 0.848 bits per heavy atom. The van der Waals surface area contributed by atoms with Crippen LogP contribution in [0.25, 0.3) is 55.2 Å². The van der Waals surface area contributed by atoms with Crippen molar-refractivity contribution >= 4 is 32.6 Å². The Morgan fingerprint density at radius 2 is 1.67 bits per heavy atom. The highest BCUT2D eigenvalue weighted by Gasteiger charge is 2.20. The lowest BCUT2D eigenvalue weighted by Gasteiger charge is -2.08. The first-order valence-electron chi connectivity index (χ1n) is 10.0. The maximum atomic E-state index is 14.4. The number of H-pyrrole nitrogens is 2. The largest absolute Gasteiger partial charge is 0.337 e. The van der Waals surface area contributed by atoms with Crippen LogP contribution in [-0.2, 0) is 0 Å². The van der Waals surface area contributed by atoms with E-state index in [0.717, 1.165) is 18.3 Å². The molecule has 0 saturated heterocycles. The van der Waals surface area contributed by atoms with Gasteiger partial charge in [0.15, 0.2) is 0 Å². The number of pyridine rings is 2. The number of nitrogens with one attached hydrogen (secondary N) is 2. The molecule has 0 fully saturated rings. The summed E-state index contributed by atoms with van der Waals surface area (Å²) in [6, 6.07) is 13.5. The van der Waals surface area contributed by atoms with Gasteiger partial charge in [-0.25, -0.2) is 18.2 Å². The number of hydrogen-bond donors (Lipinski definition) is 2. The van der Waals surface area contributed by atoms with E-state index in [1.807, 2.05) is 0 Å². The van der Waals surface area contributed by atoms with E-state index < -0.39 is 17.5 Å². The minimum atomic E-state index is -0.745. The first-order valence-corrected chi connectivity index (χ1v) is 10.0. The van der Waals surface area contributed by atoms with Gasteiger partial charge in [0.05, 0.1) is 33.9 Å². The van der Waals surface area contributed by atoms with E-state index in [4.69, 9.17) is 0 Å². The molecule has 3 aromatic carbocycles. The van der Waals surface area contributed by atoms with Gasteiger partial charge >= 0.3 is 0 Å². The van der Waals surface area contributed by atoms with Gasteiger partial charge in [0.2, 0.25) is 0 Å². The smallest absolute Gasteiger partial charge is 0.256 e. The van der Waals surface area contributed by atoms with E-state index in [1.54, 1.807) is 30.3 Å². The lowest BCUT2D eigenvalue weighted by molar-refractivity contribution is 0.588. The Labute approximate surface area is 183 Å². The molecule has 0 aliphatic rings. The van der Waals surface area contributed by atoms with E-state index in [9.17, 15) is 18.0 Å². The molecular formula is C25H13F3N4O. The molecule has 3 aromatic heterocycles. The van der Waals surface area contributed by atoms with E-state index in [0.29, 0.717) is 43.8 Å². The number of halogens is 3. The fourth-order valence-electron chi connectivity index (χ4n) is 4.22. The summed E-state index contributed by atoms with van der Waals surface area (Å²) < 4.78 is 42.2. The van der Waals surface area contributed by atoms with Crippen molar-refractivity contribution in [3.05, 3.63) is 94.8 Å². The average Bonchev–Trinajstić information content (AvgIpc) is 3.24. The summed E-state index contributed by atoms with van der Waals surface area (Å²) in [5, 5.41) is 2.17. The Morgan fingerprint density at radius 3 is 2.42 bits per heavy atom. The third-order valence-corrected chi connectivity index (χ3v) is 5.70. The Kier molecular flexibility index (Phi) is 4.10. The Hall–Kier alpha value is -4.46. The van der Waals surface area contributed by atoms with Gasteiger partial charge < -0.3 is 9.97 Å². The molecular weight excluding hydrogens is 429 g/mol. The van der Waals surface area contributed by atoms with Crippen molar-refractivity contribution in [3.63, 3.8) is 0 Å². The van der Waals surface area contributed by atoms with Gasteiger partial charge in [-0.3, -0.25) is 9.78 Å². The van der Waals surface area contributed by atoms with Crippen molar-refractivity contribution in [3.8, 4) is 22.6 Å². The molecule has 160 valence electrons. The molecule has 3 heterocycles. The van der Waals surface area contributed by atoms with Crippen LogP contribution in [0, 0.1) is 17.5 Å². The average molecular weight is 442 g/mol. The first kappa shape index (κ1) is 19.2. The quantitative estimate of drug-likeness (QED) is 0.338. The summed E-state index contributed by atoms with van der Waals surface area (Å²) in [4.78, 5) is 27.2. The third-order valence-electron chi connectivity index (χ3n) is 5.70. The van der Waals surface area contributed by atoms with Crippen molar-refractivity contribution in [1.82, 2.24) is 19.9 Å². The molecule has 0 atom stereocenters. The van der Waals surface area contributed by atoms with E-state index >= 15 is 0 Å². The van der Waals surface area contributed by atoms with Crippen molar-refractivity contribution in [2.24, 2.45) is 0 Å². The highest BCUT2D eigenvalue weighted by molar-refractivity contribution is 6.23. The molecule has 0 spiro atoms. The summed E-state index contributed by atoms with van der Waals surface area (Å²) in [5.74, 6) is -1.91. The summed E-state index contributed by atoms with van der Waals surface area (Å²) in [5.41, 5.74) is 1.59. The van der Waals surface area contributed by atoms with Crippen molar-refractivity contribution in [2.75, 3.05) is 0 Å². The topological polar surface area (TPSA) is 74.4 Å². The maximum Gasteiger partial charge on any atom is 0.256 e. The molecule has 6 aromatic rings. The molecule has 6 rings (SSSR count). The summed E-state index contributed by atoms with van der Waals surface area (Å²) in [6.07, 6.45) is 2.63. The standard InChI is InChI=1S/C25H13F3N4O/c26-13-5-7-19(30-11-13)12-4-6-14-16(10-12)20-15(8-9-29-25(20)33)23-22(14)31-24(32-23)21-17(27)2-1-3-18(21)28/h1-11H,(H,29,33)(H,31,32). The third kappa shape index (κ3) is 2.91. The van der Waals surface area contributed by atoms with Crippen LogP contribution in [0.5, 0.6) is 0 Å². The van der Waals surface area contributed by atoms with Gasteiger partial charge in [-0.15, -0.1) is 0 Å². The SMILES string of the molecule is O=c1[nH]ccc2c3[nH]c(-c4c(F)cccc4F)nc3c3ccc(-c4ccc(F)cn4)cc3c12. The molecule has 0 amide bonds. The lowest BCUT2D eigenvalue weighted by Crippen LogP contribution is -2.05. The fourth-order valence-corrected chi connectivity index (χ4v) is 4.22. The second kappa shape index (κ2) is 7.03. The number of fused-ring (bicyclic) bond motifs is 6. The first-order chi connectivity index (χ1) is 16.0. The molecule has 2 N–H and O–H groups in total. The summed E-state index contributed by atoms with van der Waals surface area (Å²) >= 11 is 0. The zero-order valence-corrected chi connectivity index (χ0v) is 16.8. The fraction of sp³-hybridized carbons (Fsp3) is 0. The Balaban J connectivity index is 1.73. The summed E-state index contributed by atoms with van der Waals surface area (Å²) in [7, 11) is 0. The highest BCUT2D eigenvalue weighted by atomic mass is 19.1. The van der Waals surface area contributed by atoms with Gasteiger partial charge in [0.25, 0.3) is 5.56 Å². The second-order valence-corrected chi connectivity index (χ2v) is 7.62. The zero-order valence-electron chi connectivity index (χ0n) is 16.8. The van der Waals surface area contributed by atoms with Crippen LogP contribution >= 0.6 is 0 Å². The van der Waals surface area contributed by atoms with Crippen molar-refractivity contribution < 1.29 is 13.2 Å². The van der Waals surface area contributed by atoms with E-state index in [-0.39, 0.29) is 16.9 Å². The molecule has 33 heavy (non-hydrogen) atoms. The highest BCUT2D eigenvalue weighted by Crippen LogP contribution is 2.36. The van der Waals surface area contributed by atoms with Gasteiger partial charge in [-0.05, 0) is 41.8 Å². The molecule has 8 heteroatoms. The van der Waals surface area contributed by atoms with Crippen LogP contribution in [0.15, 0.2) is 71.8 Å². The predicted octanol–water partition coefficient (Wildman–Crippen LogP) is 5.70. The van der Waals surface area contributed by atoms with E-state index in [2.05, 4.69) is 19.9 Å². The van der Waals surface area contributed by atoms with Crippen LogP contribution < -0.4 is 5.56 Å². The number of imidazole rings is 1. The molecule has 0 aliphatic heterocycles. The second-order valence-electron chi connectivity index (χ2n) is 7.62. The lowest BCUT2D eigenvalue weighted by atomic mass is 9.98. The van der Waals surface area contributed by atoms with Crippen LogP contribution in [0.4, 0.5) is 13.2 Å². The van der Waals surface area contributed by atoms with Crippen LogP contribution in [0.3, 0.4) is 0 Å². The molecule has 0 unspecified atom stereocenters. The van der Waals surface area contributed by atoms with Crippen molar-refractivity contribution in [2.45, 2.75) is 0 Å². The molecule has 5 nitrogen and oxygen atoms in total. The summed E-state index contributed by atoms with van der Waals surface area (Å²) in [6.45, 7) is 0. The Bertz CT molecular complexity index is 1750. The van der Waals surface area contributed by atoms with E-state index in [1.165, 1.54) is 18.3 Å². The minimum absolute atomic E-state index is 0.0268.